The number of carbonyl (C=O) groups is 3. The van der Waals surface area contributed by atoms with Crippen LogP contribution in [0.15, 0.2) is 12.1 Å². The molecule has 1 aromatic rings. The molecule has 2 N–H and O–H groups in total. The summed E-state index contributed by atoms with van der Waals surface area (Å²) in [6.07, 6.45) is 4.55. The molecule has 1 aromatic carbocycles. The van der Waals surface area contributed by atoms with Crippen LogP contribution in [0.25, 0.3) is 0 Å². The number of piperidine rings is 2. The number of carbonyl (C=O) groups excluding carboxylic acids is 3. The average Bonchev–Trinajstić information content (AvgIpc) is 2.96. The summed E-state index contributed by atoms with van der Waals surface area (Å²) in [5.41, 5.74) is 2.58. The highest BCUT2D eigenvalue weighted by Crippen LogP contribution is 2.41. The zero-order valence-electron chi connectivity index (χ0n) is 15.2. The molecule has 4 aliphatic heterocycles. The molecule has 1 spiro atoms. The van der Waals surface area contributed by atoms with Crippen LogP contribution in [0.5, 0.6) is 5.75 Å². The summed E-state index contributed by atoms with van der Waals surface area (Å²) in [5.74, 6) is 0.128. The molecule has 142 valence electrons. The lowest BCUT2D eigenvalue weighted by Crippen LogP contribution is -2.52. The zero-order chi connectivity index (χ0) is 18.6. The van der Waals surface area contributed by atoms with Gasteiger partial charge in [-0.15, -0.1) is 0 Å². The molecule has 0 aromatic heterocycles. The molecular formula is C20H23N3O4. The van der Waals surface area contributed by atoms with Crippen LogP contribution in [0.3, 0.4) is 0 Å². The first-order chi connectivity index (χ1) is 13.0. The molecule has 27 heavy (non-hydrogen) atoms. The summed E-state index contributed by atoms with van der Waals surface area (Å²) in [7, 11) is 0. The number of ether oxygens (including phenoxy) is 1. The van der Waals surface area contributed by atoms with Crippen molar-refractivity contribution in [3.05, 3.63) is 28.8 Å². The van der Waals surface area contributed by atoms with Crippen molar-refractivity contribution in [2.45, 2.75) is 56.7 Å². The monoisotopic (exact) mass is 369 g/mol. The Morgan fingerprint density at radius 3 is 2.63 bits per heavy atom. The quantitative estimate of drug-likeness (QED) is 0.718. The number of hydrogen-bond acceptors (Lipinski definition) is 5. The van der Waals surface area contributed by atoms with E-state index >= 15 is 0 Å². The van der Waals surface area contributed by atoms with Gasteiger partial charge in [0.25, 0.3) is 5.91 Å². The number of rotatable bonds is 1. The van der Waals surface area contributed by atoms with E-state index in [9.17, 15) is 14.4 Å². The highest BCUT2D eigenvalue weighted by atomic mass is 16.5. The number of aryl methyl sites for hydroxylation is 1. The Balaban J connectivity index is 1.41. The topological polar surface area (TPSA) is 87.7 Å². The summed E-state index contributed by atoms with van der Waals surface area (Å²) >= 11 is 0. The minimum absolute atomic E-state index is 0.0849. The van der Waals surface area contributed by atoms with Crippen LogP contribution in [0, 0.1) is 0 Å². The Morgan fingerprint density at radius 2 is 1.85 bits per heavy atom. The molecule has 3 amide bonds. The Morgan fingerprint density at radius 1 is 1.04 bits per heavy atom. The van der Waals surface area contributed by atoms with E-state index in [0.717, 1.165) is 55.6 Å². The Labute approximate surface area is 157 Å². The number of hydrogen-bond donors (Lipinski definition) is 2. The molecule has 5 rings (SSSR count). The highest BCUT2D eigenvalue weighted by molar-refractivity contribution is 6.05. The maximum Gasteiger partial charge on any atom is 0.255 e. The standard InChI is InChI=1S/C20H23N3O4/c24-17-2-1-15(18(25)22-17)23-11-13-10-16-12(9-14(13)19(23)26)3-4-20(27-16)5-7-21-8-6-20/h9-10,15,21H,1-8,11H2,(H,22,24,25). The third kappa shape index (κ3) is 2.72. The lowest BCUT2D eigenvalue weighted by molar-refractivity contribution is -0.136. The van der Waals surface area contributed by atoms with Gasteiger partial charge in [-0.25, -0.2) is 0 Å². The van der Waals surface area contributed by atoms with Crippen LogP contribution >= 0.6 is 0 Å². The van der Waals surface area contributed by atoms with Crippen LogP contribution in [0.1, 0.15) is 53.6 Å². The minimum Gasteiger partial charge on any atom is -0.487 e. The average molecular weight is 369 g/mol. The highest BCUT2D eigenvalue weighted by Gasteiger charge is 2.42. The van der Waals surface area contributed by atoms with Crippen molar-refractivity contribution >= 4 is 17.7 Å². The van der Waals surface area contributed by atoms with E-state index in [1.807, 2.05) is 12.1 Å². The number of nitrogens with one attached hydrogen (secondary N) is 2. The molecule has 0 radical (unpaired) electrons. The summed E-state index contributed by atoms with van der Waals surface area (Å²) in [6, 6.07) is 3.38. The summed E-state index contributed by atoms with van der Waals surface area (Å²) in [6.45, 7) is 2.34. The van der Waals surface area contributed by atoms with E-state index < -0.39 is 6.04 Å². The second kappa shape index (κ2) is 6.05. The van der Waals surface area contributed by atoms with Gasteiger partial charge in [0.05, 0.1) is 0 Å². The van der Waals surface area contributed by atoms with Crippen molar-refractivity contribution in [1.29, 1.82) is 0 Å². The molecular weight excluding hydrogens is 346 g/mol. The van der Waals surface area contributed by atoms with Crippen molar-refractivity contribution < 1.29 is 19.1 Å². The van der Waals surface area contributed by atoms with Crippen molar-refractivity contribution in [2.24, 2.45) is 0 Å². The van der Waals surface area contributed by atoms with Gasteiger partial charge in [-0.1, -0.05) is 0 Å². The molecule has 0 aliphatic carbocycles. The van der Waals surface area contributed by atoms with Crippen LogP contribution in [0.4, 0.5) is 0 Å². The maximum absolute atomic E-state index is 12.9. The zero-order valence-corrected chi connectivity index (χ0v) is 15.2. The van der Waals surface area contributed by atoms with Crippen molar-refractivity contribution in [2.75, 3.05) is 13.1 Å². The van der Waals surface area contributed by atoms with Crippen LogP contribution in [-0.4, -0.2) is 47.4 Å². The predicted molar refractivity (Wildman–Crippen MR) is 96.3 cm³/mol. The molecule has 7 heteroatoms. The Kier molecular flexibility index (Phi) is 3.75. The normalized spacial score (nSPS) is 26.4. The number of amides is 3. The SMILES string of the molecule is O=C1CCC(N2Cc3cc4c(cc3C2=O)CCC2(CCNCC2)O4)C(=O)N1. The van der Waals surface area contributed by atoms with Gasteiger partial charge in [0, 0.05) is 18.5 Å². The molecule has 2 saturated heterocycles. The lowest BCUT2D eigenvalue weighted by atomic mass is 9.83. The van der Waals surface area contributed by atoms with Gasteiger partial charge in [0.15, 0.2) is 0 Å². The molecule has 0 saturated carbocycles. The summed E-state index contributed by atoms with van der Waals surface area (Å²) in [4.78, 5) is 38.1. The first kappa shape index (κ1) is 16.7. The van der Waals surface area contributed by atoms with Crippen molar-refractivity contribution in [1.82, 2.24) is 15.5 Å². The molecule has 1 atom stereocenters. The predicted octanol–water partition coefficient (Wildman–Crippen LogP) is 0.895. The smallest absolute Gasteiger partial charge is 0.255 e. The third-order valence-corrected chi connectivity index (χ3v) is 6.40. The van der Waals surface area contributed by atoms with Crippen molar-refractivity contribution in [3.63, 3.8) is 0 Å². The number of nitrogens with zero attached hydrogens (tertiary/aromatic N) is 1. The van der Waals surface area contributed by atoms with E-state index in [1.165, 1.54) is 0 Å². The molecule has 4 heterocycles. The molecule has 4 aliphatic rings. The second-order valence-corrected chi connectivity index (χ2v) is 8.05. The van der Waals surface area contributed by atoms with Gasteiger partial charge in [-0.3, -0.25) is 19.7 Å². The van der Waals surface area contributed by atoms with Crippen LogP contribution < -0.4 is 15.4 Å². The fourth-order valence-corrected chi connectivity index (χ4v) is 4.81. The Bertz CT molecular complexity index is 844. The van der Waals surface area contributed by atoms with E-state index in [2.05, 4.69) is 10.6 Å². The van der Waals surface area contributed by atoms with Gasteiger partial charge < -0.3 is 15.0 Å². The molecule has 7 nitrogen and oxygen atoms in total. The van der Waals surface area contributed by atoms with Gasteiger partial charge in [-0.2, -0.15) is 0 Å². The first-order valence-electron chi connectivity index (χ1n) is 9.75. The van der Waals surface area contributed by atoms with Gasteiger partial charge in [-0.05, 0) is 68.5 Å². The van der Waals surface area contributed by atoms with Crippen molar-refractivity contribution in [3.8, 4) is 5.75 Å². The Hall–Kier alpha value is -2.41. The van der Waals surface area contributed by atoms with E-state index in [1.54, 1.807) is 4.90 Å². The minimum atomic E-state index is -0.573. The largest absolute Gasteiger partial charge is 0.487 e. The first-order valence-corrected chi connectivity index (χ1v) is 9.75. The fraction of sp³-hybridized carbons (Fsp3) is 0.550. The van der Waals surface area contributed by atoms with Gasteiger partial charge >= 0.3 is 0 Å². The fourth-order valence-electron chi connectivity index (χ4n) is 4.81. The van der Waals surface area contributed by atoms with E-state index in [4.69, 9.17) is 4.74 Å². The second-order valence-electron chi connectivity index (χ2n) is 8.05. The van der Waals surface area contributed by atoms with Crippen LogP contribution in [0.2, 0.25) is 0 Å². The number of imide groups is 1. The van der Waals surface area contributed by atoms with Crippen LogP contribution in [-0.2, 0) is 22.6 Å². The summed E-state index contributed by atoms with van der Waals surface area (Å²) in [5, 5.41) is 5.73. The van der Waals surface area contributed by atoms with Gasteiger partial charge in [0.1, 0.15) is 17.4 Å². The molecule has 2 fully saturated rings. The molecule has 1 unspecified atom stereocenters. The maximum atomic E-state index is 12.9. The number of benzene rings is 1. The van der Waals surface area contributed by atoms with E-state index in [-0.39, 0.29) is 29.7 Å². The third-order valence-electron chi connectivity index (χ3n) is 6.40. The summed E-state index contributed by atoms with van der Waals surface area (Å²) < 4.78 is 6.44. The number of fused-ring (bicyclic) bond motifs is 2. The lowest BCUT2D eigenvalue weighted by Gasteiger charge is -2.41. The molecule has 0 bridgehead atoms. The van der Waals surface area contributed by atoms with E-state index in [0.29, 0.717) is 18.5 Å². The van der Waals surface area contributed by atoms with Gasteiger partial charge in [0.2, 0.25) is 11.8 Å².